The Morgan fingerprint density at radius 3 is 2.78 bits per heavy atom. The van der Waals surface area contributed by atoms with Crippen molar-refractivity contribution in [2.24, 2.45) is 5.92 Å². The van der Waals surface area contributed by atoms with Crippen molar-refractivity contribution in [1.82, 2.24) is 10.6 Å². The van der Waals surface area contributed by atoms with Crippen molar-refractivity contribution in [1.29, 1.82) is 0 Å². The quantitative estimate of drug-likeness (QED) is 0.813. The Kier molecular flexibility index (Phi) is 5.98. The van der Waals surface area contributed by atoms with E-state index in [9.17, 15) is 4.79 Å². The molecule has 0 aliphatic heterocycles. The molecule has 0 saturated heterocycles. The largest absolute Gasteiger partial charge is 0.444 e. The maximum atomic E-state index is 12.0. The number of amides is 1. The van der Waals surface area contributed by atoms with Crippen LogP contribution in [0.3, 0.4) is 0 Å². The van der Waals surface area contributed by atoms with Crippen molar-refractivity contribution in [3.63, 3.8) is 0 Å². The van der Waals surface area contributed by atoms with Gasteiger partial charge in [-0.2, -0.15) is 0 Å². The minimum atomic E-state index is -0.479. The summed E-state index contributed by atoms with van der Waals surface area (Å²) in [5.41, 5.74) is 0.840. The number of carbonyl (C=O) groups is 1. The maximum absolute atomic E-state index is 12.0. The third-order valence-corrected chi connectivity index (χ3v) is 5.28. The van der Waals surface area contributed by atoms with Gasteiger partial charge in [0.2, 0.25) is 0 Å². The molecule has 1 aliphatic rings. The molecule has 1 heterocycles. The van der Waals surface area contributed by atoms with Crippen LogP contribution in [-0.2, 0) is 11.2 Å². The van der Waals surface area contributed by atoms with Crippen molar-refractivity contribution in [3.8, 4) is 0 Å². The van der Waals surface area contributed by atoms with Crippen LogP contribution < -0.4 is 10.6 Å². The Labute approximate surface area is 147 Å². The van der Waals surface area contributed by atoms with Gasteiger partial charge in [0, 0.05) is 23.5 Å². The summed E-state index contributed by atoms with van der Waals surface area (Å²) < 4.78 is 6.21. The smallest absolute Gasteiger partial charge is 0.407 e. The molecule has 6 heteroatoms. The molecule has 2 rings (SSSR count). The van der Waals surface area contributed by atoms with Crippen molar-refractivity contribution in [2.45, 2.75) is 65.1 Å². The van der Waals surface area contributed by atoms with Crippen LogP contribution in [0.15, 0.2) is 6.07 Å². The number of halogens is 1. The molecule has 0 spiro atoms. The summed E-state index contributed by atoms with van der Waals surface area (Å²) in [6.45, 7) is 10.5. The number of alkyl carbamates (subject to hydrolysis) is 1. The summed E-state index contributed by atoms with van der Waals surface area (Å²) in [6.07, 6.45) is 1.81. The summed E-state index contributed by atoms with van der Waals surface area (Å²) in [7, 11) is 0. The fraction of sp³-hybridized carbons (Fsp3) is 0.706. The normalized spacial score (nSPS) is 18.8. The summed E-state index contributed by atoms with van der Waals surface area (Å²) in [4.78, 5) is 13.4. The van der Waals surface area contributed by atoms with E-state index >= 15 is 0 Å². The molecule has 0 bridgehead atoms. The third-order valence-electron chi connectivity index (χ3n) is 3.94. The van der Waals surface area contributed by atoms with Crippen molar-refractivity contribution in [3.05, 3.63) is 20.8 Å². The molecule has 2 N–H and O–H groups in total. The van der Waals surface area contributed by atoms with Gasteiger partial charge in [0.1, 0.15) is 5.60 Å². The second-order valence-corrected chi connectivity index (χ2v) is 9.19. The Balaban J connectivity index is 1.89. The fourth-order valence-electron chi connectivity index (χ4n) is 2.72. The fourth-order valence-corrected chi connectivity index (χ4v) is 4.08. The number of rotatable bonds is 5. The summed E-state index contributed by atoms with van der Waals surface area (Å²) in [5, 5.41) is 6.56. The number of thiophene rings is 1. The number of fused-ring (bicyclic) bond motifs is 1. The number of aryl methyl sites for hydroxylation is 1. The van der Waals surface area contributed by atoms with Gasteiger partial charge in [0.05, 0.1) is 4.34 Å². The Bertz CT molecular complexity index is 551. The van der Waals surface area contributed by atoms with Gasteiger partial charge in [-0.05, 0) is 51.2 Å². The zero-order valence-corrected chi connectivity index (χ0v) is 16.1. The molecule has 130 valence electrons. The maximum Gasteiger partial charge on any atom is 0.407 e. The highest BCUT2D eigenvalue weighted by Gasteiger charge is 2.27. The zero-order valence-electron chi connectivity index (χ0n) is 14.5. The SMILES string of the molecule is CC(C)C(CNC1CCc2sc(Cl)cc21)NC(=O)OC(C)(C)C. The Morgan fingerprint density at radius 1 is 1.48 bits per heavy atom. The first-order valence-corrected chi connectivity index (χ1v) is 9.36. The molecule has 2 unspecified atom stereocenters. The second-order valence-electron chi connectivity index (χ2n) is 7.43. The highest BCUT2D eigenvalue weighted by atomic mass is 35.5. The summed E-state index contributed by atoms with van der Waals surface area (Å²) >= 11 is 7.78. The molecule has 0 radical (unpaired) electrons. The molecule has 0 saturated carbocycles. The second kappa shape index (κ2) is 7.41. The van der Waals surface area contributed by atoms with Gasteiger partial charge in [-0.1, -0.05) is 25.4 Å². The van der Waals surface area contributed by atoms with E-state index in [0.717, 1.165) is 17.2 Å². The minimum absolute atomic E-state index is 0.0306. The lowest BCUT2D eigenvalue weighted by Crippen LogP contribution is -2.47. The molecule has 1 aromatic rings. The summed E-state index contributed by atoms with van der Waals surface area (Å²) in [6, 6.07) is 2.43. The molecule has 23 heavy (non-hydrogen) atoms. The number of carbonyl (C=O) groups excluding carboxylic acids is 1. The molecule has 1 amide bonds. The lowest BCUT2D eigenvalue weighted by Gasteiger charge is -2.27. The van der Waals surface area contributed by atoms with E-state index in [4.69, 9.17) is 16.3 Å². The minimum Gasteiger partial charge on any atom is -0.444 e. The van der Waals surface area contributed by atoms with E-state index in [0.29, 0.717) is 18.5 Å². The topological polar surface area (TPSA) is 50.4 Å². The Morgan fingerprint density at radius 2 is 2.17 bits per heavy atom. The Hall–Kier alpha value is -0.780. The van der Waals surface area contributed by atoms with Gasteiger partial charge in [-0.3, -0.25) is 0 Å². The predicted molar refractivity (Wildman–Crippen MR) is 96.4 cm³/mol. The lowest BCUT2D eigenvalue weighted by atomic mass is 10.0. The lowest BCUT2D eigenvalue weighted by molar-refractivity contribution is 0.0489. The van der Waals surface area contributed by atoms with E-state index in [2.05, 4.69) is 30.5 Å². The molecule has 0 fully saturated rings. The van der Waals surface area contributed by atoms with Gasteiger partial charge in [0.25, 0.3) is 0 Å². The van der Waals surface area contributed by atoms with E-state index in [-0.39, 0.29) is 12.1 Å². The molecule has 1 aromatic heterocycles. The van der Waals surface area contributed by atoms with Crippen LogP contribution in [0.1, 0.15) is 57.5 Å². The van der Waals surface area contributed by atoms with E-state index < -0.39 is 5.60 Å². The molecule has 4 nitrogen and oxygen atoms in total. The van der Waals surface area contributed by atoms with E-state index in [1.807, 2.05) is 20.8 Å². The van der Waals surface area contributed by atoms with E-state index in [1.54, 1.807) is 11.3 Å². The zero-order chi connectivity index (χ0) is 17.2. The monoisotopic (exact) mass is 358 g/mol. The van der Waals surface area contributed by atoms with Crippen LogP contribution in [0, 0.1) is 5.92 Å². The van der Waals surface area contributed by atoms with Crippen LogP contribution in [0.25, 0.3) is 0 Å². The predicted octanol–water partition coefficient (Wildman–Crippen LogP) is 4.53. The number of hydrogen-bond donors (Lipinski definition) is 2. The van der Waals surface area contributed by atoms with Gasteiger partial charge in [-0.15, -0.1) is 11.3 Å². The molecule has 1 aliphatic carbocycles. The number of nitrogens with one attached hydrogen (secondary N) is 2. The highest BCUT2D eigenvalue weighted by Crippen LogP contribution is 2.39. The van der Waals surface area contributed by atoms with Crippen molar-refractivity contribution in [2.75, 3.05) is 6.54 Å². The van der Waals surface area contributed by atoms with Crippen LogP contribution in [-0.4, -0.2) is 24.3 Å². The van der Waals surface area contributed by atoms with Crippen LogP contribution >= 0.6 is 22.9 Å². The average molecular weight is 359 g/mol. The number of hydrogen-bond acceptors (Lipinski definition) is 4. The number of ether oxygens (including phenoxy) is 1. The standard InChI is InChI=1S/C17H27ClN2O2S/c1-10(2)13(20-16(21)22-17(3,4)5)9-19-12-6-7-14-11(12)8-15(18)23-14/h8,10,12-13,19H,6-7,9H2,1-5H3,(H,20,21). The first-order chi connectivity index (χ1) is 10.7. The highest BCUT2D eigenvalue weighted by molar-refractivity contribution is 7.16. The molecule has 0 aromatic carbocycles. The molecular weight excluding hydrogens is 332 g/mol. The van der Waals surface area contributed by atoms with Crippen molar-refractivity contribution >= 4 is 29.0 Å². The van der Waals surface area contributed by atoms with Gasteiger partial charge in [-0.25, -0.2) is 4.79 Å². The van der Waals surface area contributed by atoms with Crippen LogP contribution in [0.2, 0.25) is 4.34 Å². The first kappa shape index (κ1) is 18.6. The first-order valence-electron chi connectivity index (χ1n) is 8.16. The van der Waals surface area contributed by atoms with E-state index in [1.165, 1.54) is 10.4 Å². The van der Waals surface area contributed by atoms with Gasteiger partial charge < -0.3 is 15.4 Å². The van der Waals surface area contributed by atoms with Gasteiger partial charge >= 0.3 is 6.09 Å². The van der Waals surface area contributed by atoms with Gasteiger partial charge in [0.15, 0.2) is 0 Å². The molecular formula is C17H27ClN2O2S. The average Bonchev–Trinajstić information content (AvgIpc) is 2.91. The van der Waals surface area contributed by atoms with Crippen LogP contribution in [0.5, 0.6) is 0 Å². The third kappa shape index (κ3) is 5.37. The molecule has 2 atom stereocenters. The van der Waals surface area contributed by atoms with Crippen molar-refractivity contribution < 1.29 is 9.53 Å². The summed E-state index contributed by atoms with van der Waals surface area (Å²) in [5.74, 6) is 0.321. The van der Waals surface area contributed by atoms with Crippen LogP contribution in [0.4, 0.5) is 4.79 Å².